The lowest BCUT2D eigenvalue weighted by Gasteiger charge is -2.12. The van der Waals surface area contributed by atoms with E-state index in [-0.39, 0.29) is 0 Å². The molecular formula is C14H17BrN2. The number of rotatable bonds is 2. The standard InChI is InChI=1S/C14H17BrN2/c1-7-4-10(15)14(16-6-7)17-13-11-8-2-3-9(5-8)12(11)13/h4,6,8-9,11-13H,2-3,5H2,1H3,(H,16,17). The summed E-state index contributed by atoms with van der Waals surface area (Å²) in [5.41, 5.74) is 1.21. The second-order valence-electron chi connectivity index (χ2n) is 6.00. The summed E-state index contributed by atoms with van der Waals surface area (Å²) < 4.78 is 1.11. The van der Waals surface area contributed by atoms with Crippen LogP contribution in [-0.4, -0.2) is 11.0 Å². The molecule has 90 valence electrons. The van der Waals surface area contributed by atoms with E-state index in [4.69, 9.17) is 0 Å². The lowest BCUT2D eigenvalue weighted by Crippen LogP contribution is -2.14. The zero-order chi connectivity index (χ0) is 11.6. The van der Waals surface area contributed by atoms with Gasteiger partial charge in [-0.1, -0.05) is 0 Å². The topological polar surface area (TPSA) is 24.9 Å². The van der Waals surface area contributed by atoms with Gasteiger partial charge in [0.2, 0.25) is 0 Å². The Labute approximate surface area is 110 Å². The van der Waals surface area contributed by atoms with Crippen molar-refractivity contribution in [3.8, 4) is 0 Å². The highest BCUT2D eigenvalue weighted by Crippen LogP contribution is 2.66. The third kappa shape index (κ3) is 1.48. The van der Waals surface area contributed by atoms with E-state index in [1.54, 1.807) is 0 Å². The Balaban J connectivity index is 1.52. The minimum atomic E-state index is 0.716. The van der Waals surface area contributed by atoms with Crippen LogP contribution in [0.1, 0.15) is 24.8 Å². The molecule has 0 aliphatic heterocycles. The molecule has 3 fully saturated rings. The largest absolute Gasteiger partial charge is 0.366 e. The molecule has 1 aromatic rings. The molecule has 4 atom stereocenters. The van der Waals surface area contributed by atoms with Crippen molar-refractivity contribution in [1.29, 1.82) is 0 Å². The highest BCUT2D eigenvalue weighted by Gasteiger charge is 2.65. The van der Waals surface area contributed by atoms with Crippen LogP contribution in [0, 0.1) is 30.6 Å². The molecule has 0 spiro atoms. The smallest absolute Gasteiger partial charge is 0.140 e. The Morgan fingerprint density at radius 3 is 2.65 bits per heavy atom. The number of hydrogen-bond donors (Lipinski definition) is 1. The van der Waals surface area contributed by atoms with Crippen molar-refractivity contribution in [3.05, 3.63) is 22.3 Å². The fraction of sp³-hybridized carbons (Fsp3) is 0.643. The van der Waals surface area contributed by atoms with Crippen LogP contribution in [0.3, 0.4) is 0 Å². The molecule has 3 aliphatic rings. The molecule has 17 heavy (non-hydrogen) atoms. The van der Waals surface area contributed by atoms with Crippen LogP contribution < -0.4 is 5.32 Å². The summed E-state index contributed by atoms with van der Waals surface area (Å²) in [4.78, 5) is 4.50. The van der Waals surface area contributed by atoms with Crippen molar-refractivity contribution in [2.75, 3.05) is 5.32 Å². The SMILES string of the molecule is Cc1cnc(NC2C3C4CCC(C4)C23)c(Br)c1. The van der Waals surface area contributed by atoms with Crippen molar-refractivity contribution in [1.82, 2.24) is 4.98 Å². The number of pyridine rings is 1. The first-order valence-corrected chi connectivity index (χ1v) is 7.42. The van der Waals surface area contributed by atoms with Crippen molar-refractivity contribution in [2.45, 2.75) is 32.2 Å². The fourth-order valence-corrected chi connectivity index (χ4v) is 4.89. The number of aromatic nitrogens is 1. The second kappa shape index (κ2) is 3.47. The Kier molecular flexibility index (Phi) is 2.11. The number of anilines is 1. The summed E-state index contributed by atoms with van der Waals surface area (Å²) >= 11 is 3.60. The maximum atomic E-state index is 4.50. The van der Waals surface area contributed by atoms with Gasteiger partial charge in [-0.25, -0.2) is 4.98 Å². The summed E-state index contributed by atoms with van der Waals surface area (Å²) in [6.45, 7) is 2.08. The highest BCUT2D eigenvalue weighted by atomic mass is 79.9. The van der Waals surface area contributed by atoms with Crippen LogP contribution in [0.5, 0.6) is 0 Å². The van der Waals surface area contributed by atoms with Gasteiger partial charge in [0.05, 0.1) is 4.47 Å². The van der Waals surface area contributed by atoms with Gasteiger partial charge >= 0.3 is 0 Å². The van der Waals surface area contributed by atoms with E-state index >= 15 is 0 Å². The number of nitrogens with one attached hydrogen (secondary N) is 1. The first-order chi connectivity index (χ1) is 8.24. The van der Waals surface area contributed by atoms with E-state index in [0.29, 0.717) is 6.04 Å². The number of halogens is 1. The average Bonchev–Trinajstić information content (AvgIpc) is 2.70. The van der Waals surface area contributed by atoms with Gasteiger partial charge < -0.3 is 5.32 Å². The van der Waals surface area contributed by atoms with Crippen LogP contribution in [0.2, 0.25) is 0 Å². The molecule has 3 aliphatic carbocycles. The maximum absolute atomic E-state index is 4.50. The molecule has 4 rings (SSSR count). The third-order valence-corrected chi connectivity index (χ3v) is 5.62. The van der Waals surface area contributed by atoms with E-state index in [1.807, 2.05) is 6.20 Å². The second-order valence-corrected chi connectivity index (χ2v) is 6.86. The summed E-state index contributed by atoms with van der Waals surface area (Å²) in [6.07, 6.45) is 6.41. The van der Waals surface area contributed by atoms with Gasteiger partial charge in [0, 0.05) is 12.2 Å². The molecule has 1 heterocycles. The number of nitrogens with zero attached hydrogens (tertiary/aromatic N) is 1. The minimum Gasteiger partial charge on any atom is -0.366 e. The third-order valence-electron chi connectivity index (χ3n) is 5.02. The van der Waals surface area contributed by atoms with Gasteiger partial charge in [0.25, 0.3) is 0 Å². The van der Waals surface area contributed by atoms with Gasteiger partial charge in [0.15, 0.2) is 0 Å². The Hall–Kier alpha value is -0.570. The normalized spacial score (nSPS) is 41.4. The van der Waals surface area contributed by atoms with Crippen LogP contribution >= 0.6 is 15.9 Å². The van der Waals surface area contributed by atoms with Crippen LogP contribution in [0.15, 0.2) is 16.7 Å². The predicted molar refractivity (Wildman–Crippen MR) is 71.9 cm³/mol. The van der Waals surface area contributed by atoms with Gasteiger partial charge in [-0.2, -0.15) is 0 Å². The highest BCUT2D eigenvalue weighted by molar-refractivity contribution is 9.10. The molecule has 1 aromatic heterocycles. The molecule has 2 bridgehead atoms. The molecule has 0 saturated heterocycles. The molecule has 2 nitrogen and oxygen atoms in total. The zero-order valence-electron chi connectivity index (χ0n) is 9.99. The van der Waals surface area contributed by atoms with E-state index in [9.17, 15) is 0 Å². The number of aryl methyl sites for hydroxylation is 1. The Morgan fingerprint density at radius 1 is 1.29 bits per heavy atom. The monoisotopic (exact) mass is 292 g/mol. The minimum absolute atomic E-state index is 0.716. The van der Waals surface area contributed by atoms with E-state index in [1.165, 1.54) is 24.8 Å². The Morgan fingerprint density at radius 2 is 2.00 bits per heavy atom. The molecule has 0 radical (unpaired) electrons. The first kappa shape index (κ1) is 10.4. The predicted octanol–water partition coefficient (Wildman–Crippen LogP) is 3.61. The van der Waals surface area contributed by atoms with E-state index in [2.05, 4.69) is 39.2 Å². The van der Waals surface area contributed by atoms with E-state index < -0.39 is 0 Å². The summed E-state index contributed by atoms with van der Waals surface area (Å²) in [6, 6.07) is 2.86. The van der Waals surface area contributed by atoms with Gasteiger partial charge in [-0.05, 0) is 77.4 Å². The zero-order valence-corrected chi connectivity index (χ0v) is 11.6. The summed E-state index contributed by atoms with van der Waals surface area (Å²) in [5, 5.41) is 3.66. The average molecular weight is 293 g/mol. The summed E-state index contributed by atoms with van der Waals surface area (Å²) in [5.74, 6) is 5.00. The van der Waals surface area contributed by atoms with Crippen LogP contribution in [0.25, 0.3) is 0 Å². The fourth-order valence-electron chi connectivity index (χ4n) is 4.32. The van der Waals surface area contributed by atoms with Crippen molar-refractivity contribution >= 4 is 21.7 Å². The number of hydrogen-bond acceptors (Lipinski definition) is 2. The van der Waals surface area contributed by atoms with Crippen molar-refractivity contribution < 1.29 is 0 Å². The van der Waals surface area contributed by atoms with Gasteiger partial charge in [-0.15, -0.1) is 0 Å². The van der Waals surface area contributed by atoms with Crippen LogP contribution in [0.4, 0.5) is 5.82 Å². The quantitative estimate of drug-likeness (QED) is 0.901. The first-order valence-electron chi connectivity index (χ1n) is 6.63. The van der Waals surface area contributed by atoms with E-state index in [0.717, 1.165) is 34.0 Å². The van der Waals surface area contributed by atoms with Crippen molar-refractivity contribution in [2.24, 2.45) is 23.7 Å². The van der Waals surface area contributed by atoms with Crippen LogP contribution in [-0.2, 0) is 0 Å². The lowest BCUT2D eigenvalue weighted by atomic mass is 10.0. The van der Waals surface area contributed by atoms with Gasteiger partial charge in [-0.3, -0.25) is 0 Å². The number of fused-ring (bicyclic) bond motifs is 5. The maximum Gasteiger partial charge on any atom is 0.140 e. The molecular weight excluding hydrogens is 276 g/mol. The molecule has 3 saturated carbocycles. The molecule has 0 amide bonds. The molecule has 0 aromatic carbocycles. The molecule has 3 heteroatoms. The summed E-state index contributed by atoms with van der Waals surface area (Å²) in [7, 11) is 0. The molecule has 4 unspecified atom stereocenters. The Bertz CT molecular complexity index is 457. The molecule has 1 N–H and O–H groups in total. The van der Waals surface area contributed by atoms with Gasteiger partial charge in [0.1, 0.15) is 5.82 Å². The lowest BCUT2D eigenvalue weighted by molar-refractivity contribution is 0.456. The van der Waals surface area contributed by atoms with Crippen molar-refractivity contribution in [3.63, 3.8) is 0 Å².